The van der Waals surface area contributed by atoms with E-state index >= 15 is 0 Å². The largest absolute Gasteiger partial charge is 0.488 e. The van der Waals surface area contributed by atoms with E-state index in [0.717, 1.165) is 12.8 Å². The monoisotopic (exact) mass is 638 g/mol. The third-order valence-corrected chi connectivity index (χ3v) is 8.34. The van der Waals surface area contributed by atoms with Gasteiger partial charge < -0.3 is 21.1 Å². The zero-order valence-corrected chi connectivity index (χ0v) is 24.0. The molecular formula is C31H32F6N4O4. The van der Waals surface area contributed by atoms with E-state index in [1.165, 1.54) is 18.2 Å². The Kier molecular flexibility index (Phi) is 9.13. The van der Waals surface area contributed by atoms with Crippen molar-refractivity contribution >= 4 is 29.1 Å². The fourth-order valence-electron chi connectivity index (χ4n) is 5.93. The lowest BCUT2D eigenvalue weighted by atomic mass is 9.71. The van der Waals surface area contributed by atoms with Crippen LogP contribution in [0.25, 0.3) is 0 Å². The van der Waals surface area contributed by atoms with Crippen LogP contribution in [-0.2, 0) is 14.4 Å². The molecule has 3 amide bonds. The van der Waals surface area contributed by atoms with Gasteiger partial charge in [0.1, 0.15) is 11.6 Å². The number of para-hydroxylation sites is 1. The van der Waals surface area contributed by atoms with Gasteiger partial charge in [0.25, 0.3) is 5.91 Å². The molecule has 2 saturated carbocycles. The van der Waals surface area contributed by atoms with Gasteiger partial charge in [-0.2, -0.15) is 13.2 Å². The van der Waals surface area contributed by atoms with Crippen molar-refractivity contribution in [3.63, 3.8) is 0 Å². The summed E-state index contributed by atoms with van der Waals surface area (Å²) in [4.78, 5) is 44.3. The topological polar surface area (TPSA) is 123 Å². The summed E-state index contributed by atoms with van der Waals surface area (Å²) in [6, 6.07) is 10.3. The molecule has 14 heteroatoms. The Hall–Kier alpha value is -4.10. The molecule has 0 aromatic heterocycles. The molecule has 4 N–H and O–H groups in total. The van der Waals surface area contributed by atoms with Crippen molar-refractivity contribution in [1.82, 2.24) is 5.32 Å². The predicted octanol–water partition coefficient (Wildman–Crippen LogP) is 5.48. The van der Waals surface area contributed by atoms with E-state index < -0.39 is 85.2 Å². The molecule has 1 aliphatic heterocycles. The number of hydrogen-bond donors (Lipinski definition) is 3. The molecule has 0 bridgehead atoms. The lowest BCUT2D eigenvalue weighted by Gasteiger charge is -2.36. The van der Waals surface area contributed by atoms with Crippen LogP contribution in [0.2, 0.25) is 0 Å². The third-order valence-electron chi connectivity index (χ3n) is 8.34. The summed E-state index contributed by atoms with van der Waals surface area (Å²) in [5.41, 5.74) is 6.42. The van der Waals surface area contributed by atoms with E-state index in [1.54, 1.807) is 24.3 Å². The number of carbonyl (C=O) groups is 3. The normalized spacial score (nSPS) is 21.4. The number of carbonyl (C=O) groups excluding carboxylic acids is 3. The Bertz CT molecular complexity index is 1480. The number of ether oxygens (including phenoxy) is 1. The molecule has 8 nitrogen and oxygen atoms in total. The maximum atomic E-state index is 14.3. The van der Waals surface area contributed by atoms with Gasteiger partial charge in [-0.1, -0.05) is 24.3 Å². The smallest absolute Gasteiger partial charge is 0.389 e. The Morgan fingerprint density at radius 3 is 2.40 bits per heavy atom. The fourth-order valence-corrected chi connectivity index (χ4v) is 5.93. The minimum atomic E-state index is -4.67. The zero-order chi connectivity index (χ0) is 32.5. The van der Waals surface area contributed by atoms with Crippen LogP contribution in [0.4, 0.5) is 32.0 Å². The number of hydrogen-bond acceptors (Lipinski definition) is 5. The second-order valence-electron chi connectivity index (χ2n) is 11.8. The molecule has 242 valence electrons. The fraction of sp³-hybridized carbons (Fsp3) is 0.484. The molecule has 0 unspecified atom stereocenters. The number of alkyl halides is 5. The lowest BCUT2D eigenvalue weighted by Crippen LogP contribution is -2.50. The van der Waals surface area contributed by atoms with Gasteiger partial charge in [-0.3, -0.25) is 14.4 Å². The number of benzodiazepines with no additional fused rings is 1. The first-order valence-electron chi connectivity index (χ1n) is 14.7. The van der Waals surface area contributed by atoms with Gasteiger partial charge in [0.05, 0.1) is 23.4 Å². The summed E-state index contributed by atoms with van der Waals surface area (Å²) in [6.07, 6.45) is -8.83. The number of amides is 3. The van der Waals surface area contributed by atoms with E-state index in [0.29, 0.717) is 11.3 Å². The number of fused-ring (bicyclic) bond motifs is 1. The van der Waals surface area contributed by atoms with Gasteiger partial charge >= 0.3 is 6.18 Å². The van der Waals surface area contributed by atoms with Crippen LogP contribution < -0.4 is 21.1 Å². The van der Waals surface area contributed by atoms with Crippen LogP contribution in [0, 0.1) is 23.6 Å². The summed E-state index contributed by atoms with van der Waals surface area (Å²) in [5, 5.41) is 5.13. The highest BCUT2D eigenvalue weighted by atomic mass is 19.4. The summed E-state index contributed by atoms with van der Waals surface area (Å²) < 4.78 is 87.8. The lowest BCUT2D eigenvalue weighted by molar-refractivity contribution is -0.148. The standard InChI is InChI=1S/C31H32F6N4O4/c32-18-4-1-3-17(15-18)24-21-5-2-6-22(45-19-7-8-19)25(21)40-29(44)27(39-24)41-28(43)23(16-9-12-30(33,34)13-10-16)20(26(38)42)11-14-31(35,36)37/h1-6,15-16,19-20,23,27H,7-14H2,(H2,38,42)(H,40,44)(H,41,43)/t20-,23+,27-/m1/s1. The van der Waals surface area contributed by atoms with Crippen molar-refractivity contribution in [3.05, 3.63) is 59.4 Å². The first-order chi connectivity index (χ1) is 21.2. The van der Waals surface area contributed by atoms with Gasteiger partial charge in [-0.25, -0.2) is 18.2 Å². The second kappa shape index (κ2) is 12.7. The Morgan fingerprint density at radius 1 is 1.09 bits per heavy atom. The molecule has 3 aliphatic rings. The van der Waals surface area contributed by atoms with Crippen LogP contribution in [0.15, 0.2) is 47.5 Å². The maximum absolute atomic E-state index is 14.3. The summed E-state index contributed by atoms with van der Waals surface area (Å²) in [7, 11) is 0. The summed E-state index contributed by atoms with van der Waals surface area (Å²) in [5.74, 6) is -10.5. The predicted molar refractivity (Wildman–Crippen MR) is 151 cm³/mol. The quantitative estimate of drug-likeness (QED) is 0.298. The number of nitrogens with zero attached hydrogens (tertiary/aromatic N) is 1. The van der Waals surface area contributed by atoms with Crippen LogP contribution in [0.5, 0.6) is 5.75 Å². The van der Waals surface area contributed by atoms with E-state index in [-0.39, 0.29) is 35.9 Å². The van der Waals surface area contributed by atoms with Crippen LogP contribution in [0.3, 0.4) is 0 Å². The van der Waals surface area contributed by atoms with Crippen LogP contribution in [-0.4, -0.2) is 47.8 Å². The number of nitrogens with one attached hydrogen (secondary N) is 2. The van der Waals surface area contributed by atoms with Gasteiger partial charge in [0.2, 0.25) is 23.9 Å². The van der Waals surface area contributed by atoms with E-state index in [9.17, 15) is 40.7 Å². The number of rotatable bonds is 10. The minimum Gasteiger partial charge on any atom is -0.488 e. The molecule has 2 aliphatic carbocycles. The number of primary amides is 1. The van der Waals surface area contributed by atoms with Gasteiger partial charge in [0.15, 0.2) is 0 Å². The van der Waals surface area contributed by atoms with Gasteiger partial charge in [0, 0.05) is 36.3 Å². The molecule has 1 heterocycles. The molecule has 0 saturated heterocycles. The van der Waals surface area contributed by atoms with E-state index in [1.807, 2.05) is 0 Å². The molecule has 2 fully saturated rings. The highest BCUT2D eigenvalue weighted by Crippen LogP contribution is 2.43. The molecule has 0 radical (unpaired) electrons. The molecule has 2 aromatic carbocycles. The van der Waals surface area contributed by atoms with Crippen molar-refractivity contribution in [2.75, 3.05) is 5.32 Å². The number of anilines is 1. The first-order valence-corrected chi connectivity index (χ1v) is 14.7. The average Bonchev–Trinajstić information content (AvgIpc) is 3.79. The molecule has 3 atom stereocenters. The van der Waals surface area contributed by atoms with E-state index in [4.69, 9.17) is 10.5 Å². The van der Waals surface area contributed by atoms with Crippen molar-refractivity contribution < 1.29 is 45.5 Å². The highest BCUT2D eigenvalue weighted by Gasteiger charge is 2.46. The number of benzene rings is 2. The Balaban J connectivity index is 1.51. The number of nitrogens with two attached hydrogens (primary N) is 1. The Labute approximate surface area is 254 Å². The summed E-state index contributed by atoms with van der Waals surface area (Å²) >= 11 is 0. The van der Waals surface area contributed by atoms with Crippen molar-refractivity contribution in [2.45, 2.75) is 75.7 Å². The van der Waals surface area contributed by atoms with Crippen LogP contribution >= 0.6 is 0 Å². The van der Waals surface area contributed by atoms with Crippen molar-refractivity contribution in [1.29, 1.82) is 0 Å². The Morgan fingerprint density at radius 2 is 1.78 bits per heavy atom. The molecular weight excluding hydrogens is 606 g/mol. The molecule has 45 heavy (non-hydrogen) atoms. The third kappa shape index (κ3) is 7.95. The number of halogens is 6. The first kappa shape index (κ1) is 32.3. The second-order valence-corrected chi connectivity index (χ2v) is 11.8. The van der Waals surface area contributed by atoms with Crippen molar-refractivity contribution in [2.24, 2.45) is 28.5 Å². The van der Waals surface area contributed by atoms with Crippen LogP contribution in [0.1, 0.15) is 62.5 Å². The molecule has 2 aromatic rings. The molecule has 0 spiro atoms. The minimum absolute atomic E-state index is 0.0622. The van der Waals surface area contributed by atoms with Gasteiger partial charge in [-0.15, -0.1) is 0 Å². The maximum Gasteiger partial charge on any atom is 0.389 e. The van der Waals surface area contributed by atoms with E-state index in [2.05, 4.69) is 15.6 Å². The average molecular weight is 639 g/mol. The SMILES string of the molecule is NC(=O)[C@H](CCC(F)(F)F)[C@@H](C(=O)N[C@H]1N=C(c2cccc(F)c2)c2cccc(OC3CC3)c2NC1=O)C1CCC(F)(F)CC1. The van der Waals surface area contributed by atoms with Gasteiger partial charge in [-0.05, 0) is 56.2 Å². The summed E-state index contributed by atoms with van der Waals surface area (Å²) in [6.45, 7) is 0. The number of aliphatic imine (C=N–C) groups is 1. The highest BCUT2D eigenvalue weighted by molar-refractivity contribution is 6.20. The molecule has 5 rings (SSSR count). The zero-order valence-electron chi connectivity index (χ0n) is 24.0. The van der Waals surface area contributed by atoms with Crippen molar-refractivity contribution in [3.8, 4) is 5.75 Å².